The predicted molar refractivity (Wildman–Crippen MR) is 100 cm³/mol. The molecular formula is C19H24N2O3S. The first-order valence-electron chi connectivity index (χ1n) is 8.24. The van der Waals surface area contributed by atoms with Crippen molar-refractivity contribution in [1.29, 1.82) is 0 Å². The topological polar surface area (TPSA) is 75.3 Å². The Kier molecular flexibility index (Phi) is 5.98. The molecule has 0 heterocycles. The summed E-state index contributed by atoms with van der Waals surface area (Å²) in [5.74, 6) is -0.271. The molecule has 0 aliphatic carbocycles. The van der Waals surface area contributed by atoms with Crippen LogP contribution in [0, 0.1) is 13.8 Å². The van der Waals surface area contributed by atoms with Crippen LogP contribution in [-0.2, 0) is 10.0 Å². The largest absolute Gasteiger partial charge is 0.322 e. The van der Waals surface area contributed by atoms with E-state index < -0.39 is 10.0 Å². The molecule has 25 heavy (non-hydrogen) atoms. The van der Waals surface area contributed by atoms with Crippen molar-refractivity contribution in [3.63, 3.8) is 0 Å². The molecule has 1 atom stereocenters. The van der Waals surface area contributed by atoms with Crippen molar-refractivity contribution in [2.45, 2.75) is 45.1 Å². The number of amides is 1. The second-order valence-electron chi connectivity index (χ2n) is 6.16. The van der Waals surface area contributed by atoms with E-state index in [2.05, 4.69) is 10.0 Å². The number of hydrogen-bond acceptors (Lipinski definition) is 3. The van der Waals surface area contributed by atoms with Gasteiger partial charge >= 0.3 is 0 Å². The minimum Gasteiger partial charge on any atom is -0.322 e. The van der Waals surface area contributed by atoms with Gasteiger partial charge < -0.3 is 5.32 Å². The lowest BCUT2D eigenvalue weighted by Crippen LogP contribution is -2.32. The van der Waals surface area contributed by atoms with Crippen LogP contribution in [0.3, 0.4) is 0 Å². The molecule has 0 aromatic heterocycles. The third-order valence-electron chi connectivity index (χ3n) is 4.25. The molecular weight excluding hydrogens is 336 g/mol. The fourth-order valence-corrected chi connectivity index (χ4v) is 3.61. The lowest BCUT2D eigenvalue weighted by Gasteiger charge is -2.13. The van der Waals surface area contributed by atoms with Gasteiger partial charge in [-0.15, -0.1) is 0 Å². The number of nitrogens with one attached hydrogen (secondary N) is 2. The molecule has 0 bridgehead atoms. The SMILES string of the molecule is CC[C@@H](C)NS(=O)(=O)c1ccc(C(=O)Nc2cccc(C)c2C)cc1. The Balaban J connectivity index is 2.16. The van der Waals surface area contributed by atoms with E-state index in [-0.39, 0.29) is 16.8 Å². The predicted octanol–water partition coefficient (Wildman–Crippen LogP) is 3.63. The van der Waals surface area contributed by atoms with Gasteiger partial charge in [0, 0.05) is 17.3 Å². The Morgan fingerprint density at radius 2 is 1.72 bits per heavy atom. The molecule has 5 nitrogen and oxygen atoms in total. The van der Waals surface area contributed by atoms with Gasteiger partial charge in [-0.25, -0.2) is 13.1 Å². The zero-order valence-corrected chi connectivity index (χ0v) is 15.8. The normalized spacial score (nSPS) is 12.6. The molecule has 0 radical (unpaired) electrons. The van der Waals surface area contributed by atoms with Crippen LogP contribution in [0.1, 0.15) is 41.8 Å². The highest BCUT2D eigenvalue weighted by molar-refractivity contribution is 7.89. The number of hydrogen-bond donors (Lipinski definition) is 2. The lowest BCUT2D eigenvalue weighted by atomic mass is 10.1. The molecule has 0 aliphatic heterocycles. The van der Waals surface area contributed by atoms with E-state index in [0.29, 0.717) is 12.0 Å². The Hall–Kier alpha value is -2.18. The Bertz CT molecular complexity index is 859. The Morgan fingerprint density at radius 3 is 2.32 bits per heavy atom. The van der Waals surface area contributed by atoms with Crippen molar-refractivity contribution < 1.29 is 13.2 Å². The average molecular weight is 360 g/mol. The number of carbonyl (C=O) groups excluding carboxylic acids is 1. The minimum absolute atomic E-state index is 0.141. The zero-order chi connectivity index (χ0) is 18.6. The molecule has 2 aromatic rings. The Labute approximate surface area is 149 Å². The second kappa shape index (κ2) is 7.80. The highest BCUT2D eigenvalue weighted by Crippen LogP contribution is 2.19. The molecule has 1 amide bonds. The van der Waals surface area contributed by atoms with E-state index in [1.165, 1.54) is 24.3 Å². The summed E-state index contributed by atoms with van der Waals surface area (Å²) in [7, 11) is -3.57. The van der Waals surface area contributed by atoms with E-state index in [9.17, 15) is 13.2 Å². The molecule has 134 valence electrons. The maximum atomic E-state index is 12.4. The third kappa shape index (κ3) is 4.67. The summed E-state index contributed by atoms with van der Waals surface area (Å²) in [6.45, 7) is 7.65. The number of rotatable bonds is 6. The molecule has 0 fully saturated rings. The van der Waals surface area contributed by atoms with Gasteiger partial charge in [-0.2, -0.15) is 0 Å². The Morgan fingerprint density at radius 1 is 1.08 bits per heavy atom. The standard InChI is InChI=1S/C19H24N2O3S/c1-5-14(3)21-25(23,24)17-11-9-16(10-12-17)19(22)20-18-8-6-7-13(2)15(18)4/h6-12,14,21H,5H2,1-4H3,(H,20,22)/t14-/m1/s1. The fraction of sp³-hybridized carbons (Fsp3) is 0.316. The number of carbonyl (C=O) groups is 1. The summed E-state index contributed by atoms with van der Waals surface area (Å²) in [4.78, 5) is 12.5. The summed E-state index contributed by atoms with van der Waals surface area (Å²) in [5, 5.41) is 2.86. The van der Waals surface area contributed by atoms with Gasteiger partial charge in [-0.3, -0.25) is 4.79 Å². The maximum absolute atomic E-state index is 12.4. The van der Waals surface area contributed by atoms with Crippen molar-refractivity contribution >= 4 is 21.6 Å². The molecule has 0 saturated heterocycles. The average Bonchev–Trinajstić information content (AvgIpc) is 2.58. The maximum Gasteiger partial charge on any atom is 0.255 e. The van der Waals surface area contributed by atoms with Crippen LogP contribution in [0.15, 0.2) is 47.4 Å². The van der Waals surface area contributed by atoms with E-state index in [4.69, 9.17) is 0 Å². The quantitative estimate of drug-likeness (QED) is 0.826. The van der Waals surface area contributed by atoms with Crippen LogP contribution in [0.4, 0.5) is 5.69 Å². The fourth-order valence-electron chi connectivity index (χ4n) is 2.28. The van der Waals surface area contributed by atoms with Crippen LogP contribution >= 0.6 is 0 Å². The molecule has 2 rings (SSSR count). The first-order chi connectivity index (χ1) is 11.7. The van der Waals surface area contributed by atoms with Crippen molar-refractivity contribution in [2.24, 2.45) is 0 Å². The minimum atomic E-state index is -3.57. The van der Waals surface area contributed by atoms with Gasteiger partial charge in [0.1, 0.15) is 0 Å². The number of benzene rings is 2. The molecule has 0 unspecified atom stereocenters. The monoisotopic (exact) mass is 360 g/mol. The van der Waals surface area contributed by atoms with Crippen LogP contribution in [0.5, 0.6) is 0 Å². The molecule has 0 spiro atoms. The van der Waals surface area contributed by atoms with E-state index in [1.54, 1.807) is 0 Å². The van der Waals surface area contributed by atoms with Gasteiger partial charge in [0.25, 0.3) is 5.91 Å². The van der Waals surface area contributed by atoms with Gasteiger partial charge in [0.15, 0.2) is 0 Å². The van der Waals surface area contributed by atoms with Crippen LogP contribution < -0.4 is 10.0 Å². The summed E-state index contributed by atoms with van der Waals surface area (Å²) < 4.78 is 27.1. The molecule has 2 aromatic carbocycles. The lowest BCUT2D eigenvalue weighted by molar-refractivity contribution is 0.102. The smallest absolute Gasteiger partial charge is 0.255 e. The molecule has 0 aliphatic rings. The van der Waals surface area contributed by atoms with Crippen molar-refractivity contribution in [3.8, 4) is 0 Å². The molecule has 2 N–H and O–H groups in total. The first kappa shape index (κ1) is 19.1. The first-order valence-corrected chi connectivity index (χ1v) is 9.73. The van der Waals surface area contributed by atoms with Crippen LogP contribution in [0.2, 0.25) is 0 Å². The van der Waals surface area contributed by atoms with Crippen LogP contribution in [-0.4, -0.2) is 20.4 Å². The summed E-state index contributed by atoms with van der Waals surface area (Å²) in [6.07, 6.45) is 0.704. The summed E-state index contributed by atoms with van der Waals surface area (Å²) in [5.41, 5.74) is 3.26. The van der Waals surface area contributed by atoms with E-state index >= 15 is 0 Å². The van der Waals surface area contributed by atoms with Crippen molar-refractivity contribution in [3.05, 3.63) is 59.2 Å². The van der Waals surface area contributed by atoms with Gasteiger partial charge in [-0.1, -0.05) is 19.1 Å². The van der Waals surface area contributed by atoms with Crippen molar-refractivity contribution in [1.82, 2.24) is 4.72 Å². The van der Waals surface area contributed by atoms with Gasteiger partial charge in [-0.05, 0) is 68.7 Å². The van der Waals surface area contributed by atoms with Gasteiger partial charge in [0.05, 0.1) is 4.90 Å². The highest BCUT2D eigenvalue weighted by Gasteiger charge is 2.17. The number of sulfonamides is 1. The van der Waals surface area contributed by atoms with E-state index in [1.807, 2.05) is 45.9 Å². The van der Waals surface area contributed by atoms with Crippen molar-refractivity contribution in [2.75, 3.05) is 5.32 Å². The molecule has 0 saturated carbocycles. The summed E-state index contributed by atoms with van der Waals surface area (Å²) >= 11 is 0. The molecule has 6 heteroatoms. The van der Waals surface area contributed by atoms with Gasteiger partial charge in [0.2, 0.25) is 10.0 Å². The summed E-state index contributed by atoms with van der Waals surface area (Å²) in [6, 6.07) is 11.5. The van der Waals surface area contributed by atoms with Crippen LogP contribution in [0.25, 0.3) is 0 Å². The number of anilines is 1. The zero-order valence-electron chi connectivity index (χ0n) is 15.0. The third-order valence-corrected chi connectivity index (χ3v) is 5.85. The highest BCUT2D eigenvalue weighted by atomic mass is 32.2. The second-order valence-corrected chi connectivity index (χ2v) is 7.87. The number of aryl methyl sites for hydroxylation is 1. The van der Waals surface area contributed by atoms with E-state index in [0.717, 1.165) is 16.8 Å².